The van der Waals surface area contributed by atoms with Crippen LogP contribution in [-0.2, 0) is 17.9 Å². The molecule has 2 heterocycles. The van der Waals surface area contributed by atoms with Crippen molar-refractivity contribution < 1.29 is 4.79 Å². The molecular weight excluding hydrogens is 254 g/mol. The van der Waals surface area contributed by atoms with Crippen LogP contribution in [0.5, 0.6) is 0 Å². The number of fused-ring (bicyclic) bond motifs is 1. The van der Waals surface area contributed by atoms with Gasteiger partial charge in [-0.1, -0.05) is 13.8 Å². The Balaban J connectivity index is 1.70. The second-order valence-electron chi connectivity index (χ2n) is 6.40. The molecule has 1 aromatic heterocycles. The lowest BCUT2D eigenvalue weighted by Gasteiger charge is -2.39. The van der Waals surface area contributed by atoms with Gasteiger partial charge in [-0.25, -0.2) is 0 Å². The predicted octanol–water partition coefficient (Wildman–Crippen LogP) is 0.630. The van der Waals surface area contributed by atoms with Crippen LogP contribution in [0.1, 0.15) is 32.5 Å². The van der Waals surface area contributed by atoms with Crippen molar-refractivity contribution in [2.45, 2.75) is 45.8 Å². The van der Waals surface area contributed by atoms with Crippen molar-refractivity contribution in [2.24, 2.45) is 23.5 Å². The van der Waals surface area contributed by atoms with Crippen LogP contribution >= 0.6 is 0 Å². The summed E-state index contributed by atoms with van der Waals surface area (Å²) in [6.07, 6.45) is 3.59. The Bertz CT molecular complexity index is 500. The fourth-order valence-electron chi connectivity index (χ4n) is 3.52. The first-order valence-electron chi connectivity index (χ1n) is 7.47. The summed E-state index contributed by atoms with van der Waals surface area (Å²) in [7, 11) is 0. The lowest BCUT2D eigenvalue weighted by Crippen LogP contribution is -2.48. The zero-order valence-electron chi connectivity index (χ0n) is 12.2. The van der Waals surface area contributed by atoms with Gasteiger partial charge in [-0.05, 0) is 24.7 Å². The molecule has 4 atom stereocenters. The van der Waals surface area contributed by atoms with Crippen LogP contribution in [0.3, 0.4) is 0 Å². The number of hydrogen-bond acceptors (Lipinski definition) is 4. The zero-order valence-corrected chi connectivity index (χ0v) is 12.2. The minimum Gasteiger partial charge on any atom is -0.333 e. The van der Waals surface area contributed by atoms with E-state index in [1.165, 1.54) is 0 Å². The topological polar surface area (TPSA) is 77.0 Å². The molecule has 1 amide bonds. The van der Waals surface area contributed by atoms with Gasteiger partial charge in [0.1, 0.15) is 6.33 Å². The highest BCUT2D eigenvalue weighted by Crippen LogP contribution is 2.34. The van der Waals surface area contributed by atoms with Crippen LogP contribution in [0, 0.1) is 17.8 Å². The first-order chi connectivity index (χ1) is 9.56. The lowest BCUT2D eigenvalue weighted by molar-refractivity contribution is -0.140. The molecule has 1 saturated carbocycles. The third kappa shape index (κ3) is 2.32. The molecule has 110 valence electrons. The summed E-state index contributed by atoms with van der Waals surface area (Å²) in [5.41, 5.74) is 6.16. The van der Waals surface area contributed by atoms with Crippen molar-refractivity contribution in [1.82, 2.24) is 19.7 Å². The van der Waals surface area contributed by atoms with E-state index in [1.54, 1.807) is 6.33 Å². The highest BCUT2D eigenvalue weighted by Gasteiger charge is 2.37. The molecule has 2 N–H and O–H groups in total. The number of aromatic nitrogens is 3. The normalized spacial score (nSPS) is 33.9. The smallest absolute Gasteiger partial charge is 0.226 e. The standard InChI is InChI=1S/C14H23N5O/c1-9-5-10(2)12(15)6-11(9)14(20)18-3-4-19-8-16-17-13(19)7-18/h8-12H,3-7,15H2,1-2H3. The highest BCUT2D eigenvalue weighted by molar-refractivity contribution is 5.79. The monoisotopic (exact) mass is 277 g/mol. The second kappa shape index (κ2) is 5.16. The van der Waals surface area contributed by atoms with Gasteiger partial charge >= 0.3 is 0 Å². The van der Waals surface area contributed by atoms with Gasteiger partial charge in [0.25, 0.3) is 0 Å². The van der Waals surface area contributed by atoms with Crippen LogP contribution < -0.4 is 5.73 Å². The number of nitrogens with zero attached hydrogens (tertiary/aromatic N) is 4. The van der Waals surface area contributed by atoms with Crippen LogP contribution in [-0.4, -0.2) is 38.2 Å². The molecular formula is C14H23N5O. The summed E-state index contributed by atoms with van der Waals surface area (Å²) < 4.78 is 2.02. The molecule has 0 radical (unpaired) electrons. The molecule has 1 aliphatic heterocycles. The summed E-state index contributed by atoms with van der Waals surface area (Å²) in [6.45, 7) is 6.48. The third-order valence-corrected chi connectivity index (χ3v) is 4.96. The molecule has 1 fully saturated rings. The van der Waals surface area contributed by atoms with E-state index in [1.807, 2.05) is 9.47 Å². The molecule has 6 heteroatoms. The van der Waals surface area contributed by atoms with Gasteiger partial charge < -0.3 is 15.2 Å². The Kier molecular flexibility index (Phi) is 3.50. The molecule has 0 spiro atoms. The number of hydrogen-bond donors (Lipinski definition) is 1. The maximum atomic E-state index is 12.8. The van der Waals surface area contributed by atoms with E-state index in [9.17, 15) is 4.79 Å². The van der Waals surface area contributed by atoms with E-state index in [0.29, 0.717) is 18.4 Å². The Hall–Kier alpha value is -1.43. The molecule has 1 aromatic rings. The Morgan fingerprint density at radius 2 is 2.10 bits per heavy atom. The quantitative estimate of drug-likeness (QED) is 0.817. The summed E-state index contributed by atoms with van der Waals surface area (Å²) in [4.78, 5) is 14.7. The maximum absolute atomic E-state index is 12.8. The first-order valence-corrected chi connectivity index (χ1v) is 7.47. The molecule has 4 unspecified atom stereocenters. The average molecular weight is 277 g/mol. The largest absolute Gasteiger partial charge is 0.333 e. The van der Waals surface area contributed by atoms with Crippen molar-refractivity contribution in [1.29, 1.82) is 0 Å². The van der Waals surface area contributed by atoms with Gasteiger partial charge in [-0.2, -0.15) is 0 Å². The second-order valence-corrected chi connectivity index (χ2v) is 6.40. The minimum atomic E-state index is 0.0654. The van der Waals surface area contributed by atoms with Crippen molar-refractivity contribution in [3.63, 3.8) is 0 Å². The summed E-state index contributed by atoms with van der Waals surface area (Å²) in [5, 5.41) is 7.98. The van der Waals surface area contributed by atoms with Crippen LogP contribution in [0.4, 0.5) is 0 Å². The number of carbonyl (C=O) groups excluding carboxylic acids is 1. The van der Waals surface area contributed by atoms with Gasteiger partial charge in [0.2, 0.25) is 5.91 Å². The summed E-state index contributed by atoms with van der Waals surface area (Å²) >= 11 is 0. The van der Waals surface area contributed by atoms with E-state index in [0.717, 1.165) is 31.8 Å². The molecule has 0 saturated heterocycles. The van der Waals surface area contributed by atoms with Gasteiger partial charge in [-0.15, -0.1) is 10.2 Å². The van der Waals surface area contributed by atoms with E-state index in [4.69, 9.17) is 5.73 Å². The van der Waals surface area contributed by atoms with Crippen molar-refractivity contribution in [2.75, 3.05) is 6.54 Å². The minimum absolute atomic E-state index is 0.0654. The molecule has 0 aromatic carbocycles. The fourth-order valence-corrected chi connectivity index (χ4v) is 3.52. The third-order valence-electron chi connectivity index (χ3n) is 4.96. The number of nitrogens with two attached hydrogens (primary N) is 1. The highest BCUT2D eigenvalue weighted by atomic mass is 16.2. The molecule has 3 rings (SSSR count). The van der Waals surface area contributed by atoms with E-state index >= 15 is 0 Å². The maximum Gasteiger partial charge on any atom is 0.226 e. The Labute approximate surface area is 119 Å². The van der Waals surface area contributed by atoms with Crippen LogP contribution in [0.15, 0.2) is 6.33 Å². The van der Waals surface area contributed by atoms with Crippen molar-refractivity contribution in [3.8, 4) is 0 Å². The van der Waals surface area contributed by atoms with E-state index in [2.05, 4.69) is 24.0 Å². The van der Waals surface area contributed by atoms with Crippen molar-refractivity contribution >= 4 is 5.91 Å². The molecule has 2 aliphatic rings. The van der Waals surface area contributed by atoms with Gasteiger partial charge in [0, 0.05) is 25.0 Å². The van der Waals surface area contributed by atoms with Crippen LogP contribution in [0.25, 0.3) is 0 Å². The van der Waals surface area contributed by atoms with Gasteiger partial charge in [-0.3, -0.25) is 4.79 Å². The Morgan fingerprint density at radius 3 is 2.90 bits per heavy atom. The average Bonchev–Trinajstić information content (AvgIpc) is 2.89. The SMILES string of the molecule is CC1CC(C)C(C(=O)N2CCn3cnnc3C2)CC1N. The molecule has 0 bridgehead atoms. The van der Waals surface area contributed by atoms with Crippen molar-refractivity contribution in [3.05, 3.63) is 12.2 Å². The summed E-state index contributed by atoms with van der Waals surface area (Å²) in [6, 6.07) is 0.147. The summed E-state index contributed by atoms with van der Waals surface area (Å²) in [5.74, 6) is 2.12. The number of rotatable bonds is 1. The fraction of sp³-hybridized carbons (Fsp3) is 0.786. The van der Waals surface area contributed by atoms with E-state index < -0.39 is 0 Å². The first kappa shape index (κ1) is 13.5. The lowest BCUT2D eigenvalue weighted by atomic mass is 9.72. The Morgan fingerprint density at radius 1 is 1.30 bits per heavy atom. The molecule has 6 nitrogen and oxygen atoms in total. The molecule has 20 heavy (non-hydrogen) atoms. The number of carbonyl (C=O) groups is 1. The molecule has 1 aliphatic carbocycles. The van der Waals surface area contributed by atoms with Crippen LogP contribution in [0.2, 0.25) is 0 Å². The van der Waals surface area contributed by atoms with Gasteiger partial charge in [0.05, 0.1) is 6.54 Å². The predicted molar refractivity (Wildman–Crippen MR) is 74.5 cm³/mol. The van der Waals surface area contributed by atoms with E-state index in [-0.39, 0.29) is 17.9 Å². The zero-order chi connectivity index (χ0) is 14.3. The van der Waals surface area contributed by atoms with Gasteiger partial charge in [0.15, 0.2) is 5.82 Å². The number of amides is 1.